The number of rotatable bonds is 26. The number of unbranched alkanes of at least 4 members (excludes halogenated alkanes) is 18. The normalized spacial score (nSPS) is 17.6. The Morgan fingerprint density at radius 2 is 0.867 bits per heavy atom. The lowest BCUT2D eigenvalue weighted by Crippen LogP contribution is -2.42. The highest BCUT2D eigenvalue weighted by Crippen LogP contribution is 2.25. The van der Waals surface area contributed by atoms with Gasteiger partial charge in [0.1, 0.15) is 11.5 Å². The molecule has 0 aliphatic carbocycles. The molecule has 0 radical (unpaired) electrons. The molecule has 2 rings (SSSR count). The van der Waals surface area contributed by atoms with Gasteiger partial charge >= 0.3 is 0 Å². The highest BCUT2D eigenvalue weighted by Gasteiger charge is 2.22. The van der Waals surface area contributed by atoms with Gasteiger partial charge in [-0.3, -0.25) is 9.80 Å². The van der Waals surface area contributed by atoms with Gasteiger partial charge in [-0.25, -0.2) is 0 Å². The molecule has 0 saturated carbocycles. The fraction of sp³-hybridized carbons (Fsp3) is 0.850. The first-order valence-corrected chi connectivity index (χ1v) is 19.7. The van der Waals surface area contributed by atoms with E-state index in [2.05, 4.69) is 61.8 Å². The molecule has 0 N–H and O–H groups in total. The minimum atomic E-state index is 0.0301. The molecule has 1 aliphatic heterocycles. The van der Waals surface area contributed by atoms with Crippen molar-refractivity contribution in [1.82, 2.24) is 9.80 Å². The predicted octanol–water partition coefficient (Wildman–Crippen LogP) is 11.4. The summed E-state index contributed by atoms with van der Waals surface area (Å²) in [5.41, 5.74) is 0. The van der Waals surface area contributed by atoms with Crippen LogP contribution in [-0.4, -0.2) is 61.6 Å². The van der Waals surface area contributed by atoms with E-state index < -0.39 is 0 Å². The van der Waals surface area contributed by atoms with Crippen molar-refractivity contribution in [1.29, 1.82) is 0 Å². The fourth-order valence-electron chi connectivity index (χ4n) is 6.65. The van der Waals surface area contributed by atoms with E-state index >= 15 is 0 Å². The quantitative estimate of drug-likeness (QED) is 0.0951. The van der Waals surface area contributed by atoms with Gasteiger partial charge in [0.2, 0.25) is 0 Å². The summed E-state index contributed by atoms with van der Waals surface area (Å²) < 4.78 is 19.5. The van der Waals surface area contributed by atoms with E-state index in [1.165, 1.54) is 128 Å². The number of hydrogen-bond acceptors (Lipinski definition) is 5. The van der Waals surface area contributed by atoms with Gasteiger partial charge in [0.25, 0.3) is 0 Å². The Bertz CT molecular complexity index is 731. The first kappa shape index (κ1) is 39.9. The van der Waals surface area contributed by atoms with Crippen molar-refractivity contribution < 1.29 is 14.2 Å². The number of ether oxygens (including phenoxy) is 3. The minimum absolute atomic E-state index is 0.0301. The van der Waals surface area contributed by atoms with Crippen LogP contribution in [0.25, 0.3) is 0 Å². The summed E-state index contributed by atoms with van der Waals surface area (Å²) in [5.74, 6) is 1.80. The van der Waals surface area contributed by atoms with E-state index in [1.54, 1.807) is 0 Å². The zero-order valence-corrected chi connectivity index (χ0v) is 30.4. The molecule has 0 fully saturated rings. The summed E-state index contributed by atoms with van der Waals surface area (Å²) in [6.45, 7) is 14.7. The lowest BCUT2D eigenvalue weighted by Gasteiger charge is -2.33. The molecule has 1 aromatic carbocycles. The first-order chi connectivity index (χ1) is 22.2. The highest BCUT2D eigenvalue weighted by molar-refractivity contribution is 5.33. The Morgan fingerprint density at radius 3 is 1.22 bits per heavy atom. The molecule has 2 unspecified atom stereocenters. The molecule has 1 aliphatic rings. The Kier molecular flexibility index (Phi) is 24.6. The van der Waals surface area contributed by atoms with Gasteiger partial charge < -0.3 is 14.2 Å². The SMILES string of the molecule is CCCCCCCCCCCCN(CC)C1CCOCCC(N(CC)CCCCCCCCCCCC)Oc2cccc(c2)O1. The van der Waals surface area contributed by atoms with Gasteiger partial charge in [-0.15, -0.1) is 0 Å². The van der Waals surface area contributed by atoms with Gasteiger partial charge in [-0.05, 0) is 38.1 Å². The van der Waals surface area contributed by atoms with Gasteiger partial charge in [0.05, 0.1) is 13.2 Å². The van der Waals surface area contributed by atoms with Crippen molar-refractivity contribution >= 4 is 0 Å². The summed E-state index contributed by atoms with van der Waals surface area (Å²) in [7, 11) is 0. The van der Waals surface area contributed by atoms with Crippen LogP contribution in [-0.2, 0) is 4.74 Å². The average molecular weight is 631 g/mol. The Balaban J connectivity index is 1.80. The summed E-state index contributed by atoms with van der Waals surface area (Å²) in [6.07, 6.45) is 29.2. The molecule has 0 spiro atoms. The number of fused-ring (bicyclic) bond motifs is 2. The molecule has 2 atom stereocenters. The van der Waals surface area contributed by atoms with Crippen LogP contribution in [0.15, 0.2) is 24.3 Å². The lowest BCUT2D eigenvalue weighted by molar-refractivity contribution is -0.0260. The number of hydrogen-bond donors (Lipinski definition) is 0. The fourth-order valence-corrected chi connectivity index (χ4v) is 6.65. The van der Waals surface area contributed by atoms with Crippen LogP contribution in [0.3, 0.4) is 0 Å². The number of benzene rings is 1. The van der Waals surface area contributed by atoms with E-state index in [9.17, 15) is 0 Å². The van der Waals surface area contributed by atoms with Crippen molar-refractivity contribution in [2.24, 2.45) is 0 Å². The van der Waals surface area contributed by atoms with Crippen molar-refractivity contribution in [2.45, 2.75) is 181 Å². The third kappa shape index (κ3) is 19.2. The molecule has 0 amide bonds. The molecule has 1 aromatic rings. The molecule has 1 heterocycles. The Labute approximate surface area is 280 Å². The van der Waals surface area contributed by atoms with E-state index in [1.807, 2.05) is 0 Å². The molecule has 5 nitrogen and oxygen atoms in total. The molecule has 5 heteroatoms. The smallest absolute Gasteiger partial charge is 0.154 e. The minimum Gasteiger partial charge on any atom is -0.475 e. The lowest BCUT2D eigenvalue weighted by atomic mass is 10.1. The Morgan fingerprint density at radius 1 is 0.511 bits per heavy atom. The largest absolute Gasteiger partial charge is 0.475 e. The summed E-state index contributed by atoms with van der Waals surface area (Å²) >= 11 is 0. The molecular formula is C40H74N2O3. The van der Waals surface area contributed by atoms with E-state index in [0.29, 0.717) is 0 Å². The second-order valence-electron chi connectivity index (χ2n) is 13.4. The zero-order valence-electron chi connectivity index (χ0n) is 30.4. The van der Waals surface area contributed by atoms with Gasteiger partial charge in [0, 0.05) is 32.0 Å². The third-order valence-electron chi connectivity index (χ3n) is 9.59. The van der Waals surface area contributed by atoms with Crippen LogP contribution >= 0.6 is 0 Å². The zero-order chi connectivity index (χ0) is 32.2. The van der Waals surface area contributed by atoms with Crippen LogP contribution in [0.4, 0.5) is 0 Å². The number of nitrogens with zero attached hydrogens (tertiary/aromatic N) is 2. The molecule has 45 heavy (non-hydrogen) atoms. The summed E-state index contributed by atoms with van der Waals surface area (Å²) in [5, 5.41) is 0. The van der Waals surface area contributed by atoms with Gasteiger partial charge in [-0.2, -0.15) is 0 Å². The third-order valence-corrected chi connectivity index (χ3v) is 9.59. The summed E-state index contributed by atoms with van der Waals surface area (Å²) in [6, 6.07) is 8.35. The topological polar surface area (TPSA) is 34.2 Å². The highest BCUT2D eigenvalue weighted by atomic mass is 16.5. The van der Waals surface area contributed by atoms with Crippen LogP contribution in [0.1, 0.15) is 169 Å². The van der Waals surface area contributed by atoms with Gasteiger partial charge in [0.15, 0.2) is 12.5 Å². The maximum Gasteiger partial charge on any atom is 0.154 e. The van der Waals surface area contributed by atoms with Crippen LogP contribution in [0, 0.1) is 0 Å². The standard InChI is InChI=1S/C40H74N2O3/c1-5-9-11-13-15-17-19-21-23-25-32-41(7-3)39-30-34-43-35-31-40(45-38-29-27-28-37(36-38)44-39)42(8-4)33-26-24-22-20-18-16-14-12-10-6-2/h27-29,36,39-40H,5-26,30-35H2,1-4H3. The molecule has 0 saturated heterocycles. The molecular weight excluding hydrogens is 556 g/mol. The van der Waals surface area contributed by atoms with E-state index in [0.717, 1.165) is 63.7 Å². The van der Waals surface area contributed by atoms with Crippen LogP contribution in [0.5, 0.6) is 11.5 Å². The van der Waals surface area contributed by atoms with Crippen LogP contribution in [0.2, 0.25) is 0 Å². The van der Waals surface area contributed by atoms with E-state index in [-0.39, 0.29) is 12.5 Å². The molecule has 262 valence electrons. The van der Waals surface area contributed by atoms with Crippen molar-refractivity contribution in [2.75, 3.05) is 39.4 Å². The van der Waals surface area contributed by atoms with Crippen molar-refractivity contribution in [3.63, 3.8) is 0 Å². The second kappa shape index (κ2) is 27.8. The summed E-state index contributed by atoms with van der Waals surface area (Å²) in [4.78, 5) is 5.00. The maximum absolute atomic E-state index is 6.64. The second-order valence-corrected chi connectivity index (χ2v) is 13.4. The van der Waals surface area contributed by atoms with Crippen molar-refractivity contribution in [3.8, 4) is 11.5 Å². The predicted molar refractivity (Wildman–Crippen MR) is 194 cm³/mol. The van der Waals surface area contributed by atoms with Gasteiger partial charge in [-0.1, -0.05) is 149 Å². The van der Waals surface area contributed by atoms with Crippen molar-refractivity contribution in [3.05, 3.63) is 24.3 Å². The Hall–Kier alpha value is -1.30. The first-order valence-electron chi connectivity index (χ1n) is 19.7. The average Bonchev–Trinajstić information content (AvgIpc) is 3.05. The monoisotopic (exact) mass is 631 g/mol. The maximum atomic E-state index is 6.64. The van der Waals surface area contributed by atoms with E-state index in [4.69, 9.17) is 14.2 Å². The molecule has 0 aromatic heterocycles. The molecule has 2 bridgehead atoms. The van der Waals surface area contributed by atoms with Crippen LogP contribution < -0.4 is 9.47 Å².